The van der Waals surface area contributed by atoms with E-state index in [1.54, 1.807) is 0 Å². The molecule has 0 amide bonds. The molecule has 0 saturated carbocycles. The molecule has 1 aliphatic rings. The van der Waals surface area contributed by atoms with Gasteiger partial charge in [0, 0.05) is 0 Å². The van der Waals surface area contributed by atoms with E-state index in [0.717, 1.165) is 0 Å². The Kier molecular flexibility index (Phi) is 4.04. The van der Waals surface area contributed by atoms with E-state index in [2.05, 4.69) is 44.2 Å². The average Bonchev–Trinajstić information content (AvgIpc) is 2.58. The fourth-order valence-corrected chi connectivity index (χ4v) is 1.09. The Morgan fingerprint density at radius 3 is 1.92 bits per heavy atom. The molecule has 0 bridgehead atoms. The fourth-order valence-electron chi connectivity index (χ4n) is 1.09. The zero-order chi connectivity index (χ0) is 9.52. The molecule has 1 aromatic carbocycles. The van der Waals surface area contributed by atoms with Gasteiger partial charge >= 0.3 is 0 Å². The molecule has 0 spiro atoms. The van der Waals surface area contributed by atoms with Crippen molar-refractivity contribution in [1.29, 1.82) is 0 Å². The first-order valence-electron chi connectivity index (χ1n) is 4.63. The van der Waals surface area contributed by atoms with Crippen LogP contribution in [0.1, 0.15) is 18.9 Å². The van der Waals surface area contributed by atoms with Gasteiger partial charge in [-0.1, -0.05) is 59.7 Å². The van der Waals surface area contributed by atoms with Gasteiger partial charge in [0.2, 0.25) is 0 Å². The Morgan fingerprint density at radius 2 is 1.69 bits per heavy atom. The third kappa shape index (κ3) is 4.32. The van der Waals surface area contributed by atoms with Crippen LogP contribution in [0.5, 0.6) is 0 Å². The number of benzene rings is 1. The predicted molar refractivity (Wildman–Crippen MR) is 58.7 cm³/mol. The quantitative estimate of drug-likeness (QED) is 0.557. The third-order valence-electron chi connectivity index (χ3n) is 1.90. The average molecular weight is 172 g/mol. The summed E-state index contributed by atoms with van der Waals surface area (Å²) < 4.78 is 0. The second kappa shape index (κ2) is 5.36. The van der Waals surface area contributed by atoms with E-state index in [0.29, 0.717) is 0 Å². The van der Waals surface area contributed by atoms with Crippen LogP contribution >= 0.6 is 0 Å². The second-order valence-electron chi connectivity index (χ2n) is 3.30. The lowest BCUT2D eigenvalue weighted by atomic mass is 10.2. The lowest BCUT2D eigenvalue weighted by Crippen LogP contribution is -1.62. The first-order valence-corrected chi connectivity index (χ1v) is 4.63. The van der Waals surface area contributed by atoms with Gasteiger partial charge in [-0.05, 0) is 20.3 Å². The van der Waals surface area contributed by atoms with Crippen molar-refractivity contribution in [1.82, 2.24) is 0 Å². The molecule has 1 aliphatic carbocycles. The molecule has 1 aromatic rings. The standard InChI is InChI=1S/C7H8.C6H8/c1-7-5-3-2-4-6-7;1-6-4-2-3-5-6/h2-6H,1H3;2-4H,5H2,1H3. The van der Waals surface area contributed by atoms with Gasteiger partial charge in [-0.3, -0.25) is 0 Å². The van der Waals surface area contributed by atoms with Crippen LogP contribution in [-0.2, 0) is 0 Å². The summed E-state index contributed by atoms with van der Waals surface area (Å²) in [5.41, 5.74) is 2.79. The summed E-state index contributed by atoms with van der Waals surface area (Å²) in [7, 11) is 0. The normalized spacial score (nSPS) is 13.2. The zero-order valence-electron chi connectivity index (χ0n) is 8.33. The van der Waals surface area contributed by atoms with E-state index >= 15 is 0 Å². The van der Waals surface area contributed by atoms with Gasteiger partial charge in [0.05, 0.1) is 0 Å². The van der Waals surface area contributed by atoms with Gasteiger partial charge in [-0.2, -0.15) is 0 Å². The molecule has 0 aromatic heterocycles. The number of allylic oxidation sites excluding steroid dienone is 4. The Labute approximate surface area is 80.6 Å². The topological polar surface area (TPSA) is 0 Å². The predicted octanol–water partition coefficient (Wildman–Crippen LogP) is 3.89. The second-order valence-corrected chi connectivity index (χ2v) is 3.30. The van der Waals surface area contributed by atoms with E-state index in [9.17, 15) is 0 Å². The highest BCUT2D eigenvalue weighted by Gasteiger charge is 1.86. The van der Waals surface area contributed by atoms with Crippen LogP contribution in [0.2, 0.25) is 0 Å². The van der Waals surface area contributed by atoms with E-state index < -0.39 is 0 Å². The monoisotopic (exact) mass is 172 g/mol. The maximum atomic E-state index is 2.16. The SMILES string of the molecule is CC1=CC=CC1.Cc1ccccc1. The van der Waals surface area contributed by atoms with Crippen molar-refractivity contribution < 1.29 is 0 Å². The summed E-state index contributed by atoms with van der Waals surface area (Å²) in [6.07, 6.45) is 7.56. The van der Waals surface area contributed by atoms with Crippen LogP contribution < -0.4 is 0 Å². The molecule has 0 unspecified atom stereocenters. The van der Waals surface area contributed by atoms with Crippen LogP contribution in [0.25, 0.3) is 0 Å². The first-order chi connectivity index (χ1) is 6.29. The van der Waals surface area contributed by atoms with Crippen molar-refractivity contribution >= 4 is 0 Å². The van der Waals surface area contributed by atoms with Crippen LogP contribution in [0.3, 0.4) is 0 Å². The van der Waals surface area contributed by atoms with E-state index in [1.807, 2.05) is 18.2 Å². The summed E-state index contributed by atoms with van der Waals surface area (Å²) >= 11 is 0. The number of rotatable bonds is 0. The molecule has 0 saturated heterocycles. The highest BCUT2D eigenvalue weighted by Crippen LogP contribution is 2.06. The molecule has 13 heavy (non-hydrogen) atoms. The van der Waals surface area contributed by atoms with Crippen LogP contribution in [0, 0.1) is 6.92 Å². The Morgan fingerprint density at radius 1 is 1.00 bits per heavy atom. The third-order valence-corrected chi connectivity index (χ3v) is 1.90. The summed E-state index contributed by atoms with van der Waals surface area (Å²) in [6.45, 7) is 4.22. The molecule has 0 radical (unpaired) electrons. The molecule has 0 atom stereocenters. The van der Waals surface area contributed by atoms with E-state index in [4.69, 9.17) is 0 Å². The minimum absolute atomic E-state index is 1.17. The van der Waals surface area contributed by atoms with Crippen LogP contribution in [0.4, 0.5) is 0 Å². The molecule has 0 nitrogen and oxygen atoms in total. The zero-order valence-corrected chi connectivity index (χ0v) is 8.33. The minimum atomic E-state index is 1.17. The van der Waals surface area contributed by atoms with Gasteiger partial charge in [-0.25, -0.2) is 0 Å². The molecule has 0 heteroatoms. The first kappa shape index (κ1) is 9.79. The highest BCUT2D eigenvalue weighted by atomic mass is 13.9. The van der Waals surface area contributed by atoms with Gasteiger partial charge < -0.3 is 0 Å². The minimum Gasteiger partial charge on any atom is -0.0805 e. The molecule has 0 aliphatic heterocycles. The van der Waals surface area contributed by atoms with Gasteiger partial charge in [0.1, 0.15) is 0 Å². The van der Waals surface area contributed by atoms with Crippen molar-refractivity contribution in [3.05, 3.63) is 59.7 Å². The van der Waals surface area contributed by atoms with Crippen LogP contribution in [-0.4, -0.2) is 0 Å². The molecular formula is C13H16. The van der Waals surface area contributed by atoms with E-state index in [-0.39, 0.29) is 0 Å². The largest absolute Gasteiger partial charge is 0.0805 e. The number of hydrogen-bond acceptors (Lipinski definition) is 0. The smallest absolute Gasteiger partial charge is 0.0135 e. The number of hydrogen-bond donors (Lipinski definition) is 0. The maximum Gasteiger partial charge on any atom is -0.0135 e. The molecule has 0 heterocycles. The van der Waals surface area contributed by atoms with Crippen molar-refractivity contribution in [3.63, 3.8) is 0 Å². The Hall–Kier alpha value is -1.30. The van der Waals surface area contributed by atoms with E-state index in [1.165, 1.54) is 17.6 Å². The Balaban J connectivity index is 0.000000132. The number of aryl methyl sites for hydroxylation is 1. The fraction of sp³-hybridized carbons (Fsp3) is 0.231. The van der Waals surface area contributed by atoms with Gasteiger partial charge in [0.15, 0.2) is 0 Å². The lowest BCUT2D eigenvalue weighted by Gasteiger charge is -1.82. The van der Waals surface area contributed by atoms with Gasteiger partial charge in [-0.15, -0.1) is 0 Å². The van der Waals surface area contributed by atoms with Crippen molar-refractivity contribution in [2.24, 2.45) is 0 Å². The maximum absolute atomic E-state index is 2.16. The van der Waals surface area contributed by atoms with Crippen molar-refractivity contribution in [2.45, 2.75) is 20.3 Å². The molecular weight excluding hydrogens is 156 g/mol. The summed E-state index contributed by atoms with van der Waals surface area (Å²) in [4.78, 5) is 0. The summed E-state index contributed by atoms with van der Waals surface area (Å²) in [5.74, 6) is 0. The summed E-state index contributed by atoms with van der Waals surface area (Å²) in [5, 5.41) is 0. The lowest BCUT2D eigenvalue weighted by molar-refractivity contribution is 1.25. The van der Waals surface area contributed by atoms with Crippen LogP contribution in [0.15, 0.2) is 54.1 Å². The Bertz CT molecular complexity index is 291. The molecule has 2 rings (SSSR count). The van der Waals surface area contributed by atoms with Crippen molar-refractivity contribution in [3.8, 4) is 0 Å². The highest BCUT2D eigenvalue weighted by molar-refractivity contribution is 5.20. The molecule has 0 fully saturated rings. The molecule has 68 valence electrons. The van der Waals surface area contributed by atoms with Crippen molar-refractivity contribution in [2.75, 3.05) is 0 Å². The summed E-state index contributed by atoms with van der Waals surface area (Å²) in [6, 6.07) is 10.3. The van der Waals surface area contributed by atoms with Gasteiger partial charge in [0.25, 0.3) is 0 Å². The molecule has 0 N–H and O–H groups in total.